The number of rotatable bonds is 10. The van der Waals surface area contributed by atoms with E-state index in [0.717, 1.165) is 42.8 Å². The second-order valence-electron chi connectivity index (χ2n) is 5.26. The molecule has 0 saturated carbocycles. The summed E-state index contributed by atoms with van der Waals surface area (Å²) in [5.41, 5.74) is 1.23. The molecule has 0 radical (unpaired) electrons. The summed E-state index contributed by atoms with van der Waals surface area (Å²) in [6, 6.07) is 2.60. The summed E-state index contributed by atoms with van der Waals surface area (Å²) in [5.74, 6) is 1.06. The molecule has 21 heavy (non-hydrogen) atoms. The highest BCUT2D eigenvalue weighted by Gasteiger charge is 2.17. The van der Waals surface area contributed by atoms with Crippen LogP contribution < -0.4 is 10.2 Å². The number of ether oxygens (including phenoxy) is 1. The lowest BCUT2D eigenvalue weighted by atomic mass is 10.1. The molecular weight excluding hydrogens is 330 g/mol. The molecular formula is C16H28BrN3O. The van der Waals surface area contributed by atoms with E-state index < -0.39 is 0 Å². The number of anilines is 1. The second-order valence-corrected chi connectivity index (χ2v) is 6.17. The molecule has 4 nitrogen and oxygen atoms in total. The first-order valence-electron chi connectivity index (χ1n) is 7.74. The highest BCUT2D eigenvalue weighted by atomic mass is 79.9. The van der Waals surface area contributed by atoms with Crippen molar-refractivity contribution in [2.24, 2.45) is 0 Å². The molecule has 0 aliphatic rings. The summed E-state index contributed by atoms with van der Waals surface area (Å²) in [7, 11) is 1.74. The van der Waals surface area contributed by atoms with Crippen LogP contribution in [-0.4, -0.2) is 37.8 Å². The summed E-state index contributed by atoms with van der Waals surface area (Å²) in [6.45, 7) is 10.1. The Morgan fingerprint density at radius 2 is 2.19 bits per heavy atom. The fourth-order valence-electron chi connectivity index (χ4n) is 2.21. The van der Waals surface area contributed by atoms with E-state index >= 15 is 0 Å². The molecule has 1 aromatic heterocycles. The van der Waals surface area contributed by atoms with Crippen molar-refractivity contribution >= 4 is 21.7 Å². The number of halogens is 1. The molecule has 1 atom stereocenters. The summed E-state index contributed by atoms with van der Waals surface area (Å²) in [6.07, 6.45) is 4.10. The van der Waals surface area contributed by atoms with Crippen LogP contribution in [0.4, 0.5) is 5.82 Å². The Hall–Kier alpha value is -0.650. The Bertz CT molecular complexity index is 415. The lowest BCUT2D eigenvalue weighted by molar-refractivity contribution is 0.203. The average molecular weight is 358 g/mol. The van der Waals surface area contributed by atoms with Gasteiger partial charge in [0.1, 0.15) is 5.82 Å². The maximum Gasteiger partial charge on any atom is 0.133 e. The maximum absolute atomic E-state index is 5.26. The number of nitrogens with one attached hydrogen (secondary N) is 1. The quantitative estimate of drug-likeness (QED) is 0.649. The number of hydrogen-bond donors (Lipinski definition) is 1. The highest BCUT2D eigenvalue weighted by Crippen LogP contribution is 2.24. The summed E-state index contributed by atoms with van der Waals surface area (Å²) in [4.78, 5) is 7.01. The van der Waals surface area contributed by atoms with Crippen LogP contribution >= 0.6 is 15.9 Å². The first kappa shape index (κ1) is 18.4. The van der Waals surface area contributed by atoms with Gasteiger partial charge in [-0.2, -0.15) is 0 Å². The standard InChI is InChI=1S/C16H28BrN3O/c1-5-7-18-11-14-10-15(17)12-19-16(14)20(8-9-21-4)13(3)6-2/h10,12-13,18H,5-9,11H2,1-4H3. The lowest BCUT2D eigenvalue weighted by Gasteiger charge is -2.31. The number of nitrogens with zero attached hydrogens (tertiary/aromatic N) is 2. The van der Waals surface area contributed by atoms with Crippen molar-refractivity contribution in [3.05, 3.63) is 22.3 Å². The molecule has 0 aliphatic heterocycles. The zero-order valence-corrected chi connectivity index (χ0v) is 15.2. The SMILES string of the molecule is CCCNCc1cc(Br)cnc1N(CCOC)C(C)CC. The van der Waals surface area contributed by atoms with Gasteiger partial charge in [0.05, 0.1) is 6.61 Å². The molecule has 0 amide bonds. The molecule has 1 rings (SSSR count). The number of pyridine rings is 1. The van der Waals surface area contributed by atoms with Crippen molar-refractivity contribution in [3.8, 4) is 0 Å². The normalized spacial score (nSPS) is 12.4. The first-order chi connectivity index (χ1) is 10.1. The number of hydrogen-bond acceptors (Lipinski definition) is 4. The average Bonchev–Trinajstić information content (AvgIpc) is 2.49. The fourth-order valence-corrected chi connectivity index (χ4v) is 2.59. The predicted octanol–water partition coefficient (Wildman–Crippen LogP) is 3.60. The van der Waals surface area contributed by atoms with Gasteiger partial charge < -0.3 is 15.0 Å². The molecule has 0 spiro atoms. The van der Waals surface area contributed by atoms with Gasteiger partial charge in [0.15, 0.2) is 0 Å². The topological polar surface area (TPSA) is 37.4 Å². The van der Waals surface area contributed by atoms with E-state index in [9.17, 15) is 0 Å². The first-order valence-corrected chi connectivity index (χ1v) is 8.54. The van der Waals surface area contributed by atoms with Crippen LogP contribution in [0.2, 0.25) is 0 Å². The van der Waals surface area contributed by atoms with Crippen LogP contribution in [0.5, 0.6) is 0 Å². The van der Waals surface area contributed by atoms with E-state index in [1.165, 1.54) is 5.56 Å². The van der Waals surface area contributed by atoms with E-state index in [1.807, 2.05) is 6.20 Å². The minimum Gasteiger partial charge on any atom is -0.383 e. The smallest absolute Gasteiger partial charge is 0.133 e. The van der Waals surface area contributed by atoms with E-state index in [2.05, 4.69) is 58.0 Å². The Labute approximate surface area is 137 Å². The van der Waals surface area contributed by atoms with Gasteiger partial charge in [-0.05, 0) is 48.3 Å². The molecule has 0 aliphatic carbocycles. The monoisotopic (exact) mass is 357 g/mol. The van der Waals surface area contributed by atoms with Gasteiger partial charge in [0, 0.05) is 42.5 Å². The minimum atomic E-state index is 0.443. The van der Waals surface area contributed by atoms with E-state index in [1.54, 1.807) is 7.11 Å². The van der Waals surface area contributed by atoms with Crippen LogP contribution in [0, 0.1) is 0 Å². The molecule has 120 valence electrons. The fraction of sp³-hybridized carbons (Fsp3) is 0.688. The third-order valence-corrected chi connectivity index (χ3v) is 4.02. The molecule has 1 aromatic rings. The third-order valence-electron chi connectivity index (χ3n) is 3.58. The second kappa shape index (κ2) is 10.1. The lowest BCUT2D eigenvalue weighted by Crippen LogP contribution is -2.37. The summed E-state index contributed by atoms with van der Waals surface area (Å²) < 4.78 is 6.28. The van der Waals surface area contributed by atoms with E-state index in [4.69, 9.17) is 4.74 Å². The van der Waals surface area contributed by atoms with Crippen LogP contribution in [0.15, 0.2) is 16.7 Å². The molecule has 1 heterocycles. The zero-order chi connectivity index (χ0) is 15.7. The zero-order valence-electron chi connectivity index (χ0n) is 13.7. The van der Waals surface area contributed by atoms with Crippen molar-refractivity contribution in [1.82, 2.24) is 10.3 Å². The van der Waals surface area contributed by atoms with Crippen molar-refractivity contribution in [3.63, 3.8) is 0 Å². The molecule has 0 fully saturated rings. The van der Waals surface area contributed by atoms with Crippen molar-refractivity contribution in [2.75, 3.05) is 31.7 Å². The van der Waals surface area contributed by atoms with Crippen molar-refractivity contribution < 1.29 is 4.74 Å². The maximum atomic E-state index is 5.26. The Balaban J connectivity index is 2.98. The van der Waals surface area contributed by atoms with Gasteiger partial charge >= 0.3 is 0 Å². The van der Waals surface area contributed by atoms with E-state index in [0.29, 0.717) is 12.6 Å². The molecule has 1 unspecified atom stereocenters. The largest absolute Gasteiger partial charge is 0.383 e. The molecule has 0 aromatic carbocycles. The number of aromatic nitrogens is 1. The van der Waals surface area contributed by atoms with Crippen LogP contribution in [-0.2, 0) is 11.3 Å². The minimum absolute atomic E-state index is 0.443. The molecule has 0 saturated heterocycles. The van der Waals surface area contributed by atoms with Crippen molar-refractivity contribution in [2.45, 2.75) is 46.2 Å². The Morgan fingerprint density at radius 1 is 1.43 bits per heavy atom. The van der Waals surface area contributed by atoms with Gasteiger partial charge in [-0.3, -0.25) is 0 Å². The van der Waals surface area contributed by atoms with Gasteiger partial charge in [-0.1, -0.05) is 13.8 Å². The molecule has 5 heteroatoms. The summed E-state index contributed by atoms with van der Waals surface area (Å²) in [5, 5.41) is 3.47. The van der Waals surface area contributed by atoms with Gasteiger partial charge in [-0.15, -0.1) is 0 Å². The van der Waals surface area contributed by atoms with E-state index in [-0.39, 0.29) is 0 Å². The van der Waals surface area contributed by atoms with Gasteiger partial charge in [0.2, 0.25) is 0 Å². The molecule has 1 N–H and O–H groups in total. The predicted molar refractivity (Wildman–Crippen MR) is 92.9 cm³/mol. The Morgan fingerprint density at radius 3 is 2.81 bits per heavy atom. The third kappa shape index (κ3) is 5.93. The Kier molecular flexibility index (Phi) is 8.88. The number of methoxy groups -OCH3 is 1. The van der Waals surface area contributed by atoms with Gasteiger partial charge in [0.25, 0.3) is 0 Å². The van der Waals surface area contributed by atoms with Gasteiger partial charge in [-0.25, -0.2) is 4.98 Å². The van der Waals surface area contributed by atoms with Crippen LogP contribution in [0.3, 0.4) is 0 Å². The summed E-state index contributed by atoms with van der Waals surface area (Å²) >= 11 is 3.53. The molecule has 0 bridgehead atoms. The van der Waals surface area contributed by atoms with Crippen LogP contribution in [0.1, 0.15) is 39.2 Å². The highest BCUT2D eigenvalue weighted by molar-refractivity contribution is 9.10. The van der Waals surface area contributed by atoms with Crippen molar-refractivity contribution in [1.29, 1.82) is 0 Å². The van der Waals surface area contributed by atoms with Crippen LogP contribution in [0.25, 0.3) is 0 Å².